The highest BCUT2D eigenvalue weighted by atomic mass is 35.5. The molecular formula is C13H18ClNO. The minimum atomic E-state index is 0.194. The second kappa shape index (κ2) is 5.65. The van der Waals surface area contributed by atoms with Crippen molar-refractivity contribution in [2.45, 2.75) is 31.6 Å². The Morgan fingerprint density at radius 3 is 2.81 bits per heavy atom. The quantitative estimate of drug-likeness (QED) is 0.757. The molecule has 0 aliphatic carbocycles. The van der Waals surface area contributed by atoms with Gasteiger partial charge in [0.25, 0.3) is 0 Å². The fourth-order valence-electron chi connectivity index (χ4n) is 2.06. The molecule has 0 amide bonds. The van der Waals surface area contributed by atoms with Gasteiger partial charge in [0.05, 0.1) is 0 Å². The van der Waals surface area contributed by atoms with E-state index in [1.807, 2.05) is 13.1 Å². The van der Waals surface area contributed by atoms with E-state index in [0.717, 1.165) is 38.2 Å². The summed E-state index contributed by atoms with van der Waals surface area (Å²) in [6.07, 6.45) is 4.94. The van der Waals surface area contributed by atoms with Crippen LogP contribution in [0.1, 0.15) is 24.1 Å². The Kier molecular flexibility index (Phi) is 4.19. The SMILES string of the molecule is Cc1ccc(CC(Cl)C2CCOCC2)nc1. The lowest BCUT2D eigenvalue weighted by molar-refractivity contribution is 0.0650. The molecule has 1 aliphatic rings. The molecule has 0 aromatic carbocycles. The van der Waals surface area contributed by atoms with Crippen LogP contribution in [0.4, 0.5) is 0 Å². The van der Waals surface area contributed by atoms with Crippen LogP contribution in [0.5, 0.6) is 0 Å². The van der Waals surface area contributed by atoms with E-state index < -0.39 is 0 Å². The van der Waals surface area contributed by atoms with Crippen molar-refractivity contribution < 1.29 is 4.74 Å². The predicted octanol–water partition coefficient (Wildman–Crippen LogP) is 2.97. The second-order valence-corrected chi connectivity index (χ2v) is 5.06. The van der Waals surface area contributed by atoms with Gasteiger partial charge >= 0.3 is 0 Å². The van der Waals surface area contributed by atoms with Gasteiger partial charge in [-0.3, -0.25) is 4.98 Å². The van der Waals surface area contributed by atoms with Gasteiger partial charge in [-0.2, -0.15) is 0 Å². The summed E-state index contributed by atoms with van der Waals surface area (Å²) in [5, 5.41) is 0.194. The molecule has 0 N–H and O–H groups in total. The molecule has 0 spiro atoms. The number of alkyl halides is 1. The Bertz CT molecular complexity index is 319. The van der Waals surface area contributed by atoms with E-state index >= 15 is 0 Å². The topological polar surface area (TPSA) is 22.1 Å². The van der Waals surface area contributed by atoms with E-state index in [4.69, 9.17) is 16.3 Å². The molecule has 1 atom stereocenters. The monoisotopic (exact) mass is 239 g/mol. The van der Waals surface area contributed by atoms with Crippen molar-refractivity contribution >= 4 is 11.6 Å². The summed E-state index contributed by atoms with van der Waals surface area (Å²) in [6, 6.07) is 4.17. The lowest BCUT2D eigenvalue weighted by Crippen LogP contribution is -2.25. The number of nitrogens with zero attached hydrogens (tertiary/aromatic N) is 1. The van der Waals surface area contributed by atoms with E-state index in [9.17, 15) is 0 Å². The minimum Gasteiger partial charge on any atom is -0.381 e. The number of rotatable bonds is 3. The molecule has 2 nitrogen and oxygen atoms in total. The zero-order valence-corrected chi connectivity index (χ0v) is 10.4. The Labute approximate surface area is 102 Å². The van der Waals surface area contributed by atoms with Crippen LogP contribution in [-0.2, 0) is 11.2 Å². The zero-order chi connectivity index (χ0) is 11.4. The summed E-state index contributed by atoms with van der Waals surface area (Å²) >= 11 is 6.44. The Morgan fingerprint density at radius 2 is 2.19 bits per heavy atom. The molecule has 1 aromatic rings. The van der Waals surface area contributed by atoms with Crippen molar-refractivity contribution in [1.82, 2.24) is 4.98 Å². The third kappa shape index (κ3) is 3.19. The molecule has 88 valence electrons. The first-order chi connectivity index (χ1) is 7.75. The van der Waals surface area contributed by atoms with Gasteiger partial charge in [0.2, 0.25) is 0 Å². The molecule has 0 bridgehead atoms. The molecule has 2 heterocycles. The maximum atomic E-state index is 6.44. The summed E-state index contributed by atoms with van der Waals surface area (Å²) in [6.45, 7) is 3.76. The number of hydrogen-bond donors (Lipinski definition) is 0. The third-order valence-electron chi connectivity index (χ3n) is 3.15. The van der Waals surface area contributed by atoms with Crippen LogP contribution in [0.3, 0.4) is 0 Å². The van der Waals surface area contributed by atoms with Crippen LogP contribution >= 0.6 is 11.6 Å². The van der Waals surface area contributed by atoms with Crippen molar-refractivity contribution in [3.63, 3.8) is 0 Å². The third-order valence-corrected chi connectivity index (χ3v) is 3.66. The highest BCUT2D eigenvalue weighted by Crippen LogP contribution is 2.25. The van der Waals surface area contributed by atoms with Crippen LogP contribution in [0.15, 0.2) is 18.3 Å². The number of pyridine rings is 1. The maximum absolute atomic E-state index is 6.44. The molecule has 1 fully saturated rings. The van der Waals surface area contributed by atoms with Gasteiger partial charge in [0, 0.05) is 36.9 Å². The van der Waals surface area contributed by atoms with Crippen molar-refractivity contribution in [1.29, 1.82) is 0 Å². The van der Waals surface area contributed by atoms with Crippen LogP contribution < -0.4 is 0 Å². The highest BCUT2D eigenvalue weighted by molar-refractivity contribution is 6.20. The molecule has 1 aromatic heterocycles. The van der Waals surface area contributed by atoms with Crippen LogP contribution in [0, 0.1) is 12.8 Å². The van der Waals surface area contributed by atoms with Crippen molar-refractivity contribution in [2.75, 3.05) is 13.2 Å². The van der Waals surface area contributed by atoms with Crippen molar-refractivity contribution in [3.05, 3.63) is 29.6 Å². The zero-order valence-electron chi connectivity index (χ0n) is 9.66. The minimum absolute atomic E-state index is 0.194. The summed E-state index contributed by atoms with van der Waals surface area (Å²) in [5.74, 6) is 0.582. The predicted molar refractivity (Wildman–Crippen MR) is 65.9 cm³/mol. The molecule has 3 heteroatoms. The normalized spacial score (nSPS) is 19.6. The van der Waals surface area contributed by atoms with Gasteiger partial charge in [0.1, 0.15) is 0 Å². The lowest BCUT2D eigenvalue weighted by Gasteiger charge is -2.26. The molecule has 0 saturated carbocycles. The lowest BCUT2D eigenvalue weighted by atomic mass is 9.93. The number of aryl methyl sites for hydroxylation is 1. The average molecular weight is 240 g/mol. The number of hydrogen-bond acceptors (Lipinski definition) is 2. The average Bonchev–Trinajstić information content (AvgIpc) is 2.33. The van der Waals surface area contributed by atoms with Gasteiger partial charge in [-0.25, -0.2) is 0 Å². The van der Waals surface area contributed by atoms with Crippen LogP contribution in [-0.4, -0.2) is 23.6 Å². The second-order valence-electron chi connectivity index (χ2n) is 4.50. The molecular weight excluding hydrogens is 222 g/mol. The van der Waals surface area contributed by atoms with Gasteiger partial charge in [-0.1, -0.05) is 6.07 Å². The summed E-state index contributed by atoms with van der Waals surface area (Å²) in [4.78, 5) is 4.40. The van der Waals surface area contributed by atoms with E-state index in [2.05, 4.69) is 17.1 Å². The highest BCUT2D eigenvalue weighted by Gasteiger charge is 2.22. The number of halogens is 1. The molecule has 2 rings (SSSR count). The first-order valence-electron chi connectivity index (χ1n) is 5.89. The van der Waals surface area contributed by atoms with Gasteiger partial charge < -0.3 is 4.74 Å². The van der Waals surface area contributed by atoms with E-state index in [1.165, 1.54) is 5.56 Å². The Hall–Kier alpha value is -0.600. The molecule has 0 radical (unpaired) electrons. The van der Waals surface area contributed by atoms with E-state index in [-0.39, 0.29) is 5.38 Å². The first-order valence-corrected chi connectivity index (χ1v) is 6.32. The Balaban J connectivity index is 1.90. The van der Waals surface area contributed by atoms with Crippen LogP contribution in [0.2, 0.25) is 0 Å². The van der Waals surface area contributed by atoms with E-state index in [0.29, 0.717) is 5.92 Å². The van der Waals surface area contributed by atoms with Gasteiger partial charge in [-0.05, 0) is 37.3 Å². The van der Waals surface area contributed by atoms with Crippen LogP contribution in [0.25, 0.3) is 0 Å². The summed E-state index contributed by atoms with van der Waals surface area (Å²) < 4.78 is 5.34. The number of ether oxygens (including phenoxy) is 1. The fraction of sp³-hybridized carbons (Fsp3) is 0.615. The van der Waals surface area contributed by atoms with E-state index in [1.54, 1.807) is 0 Å². The van der Waals surface area contributed by atoms with Crippen molar-refractivity contribution in [2.24, 2.45) is 5.92 Å². The number of aromatic nitrogens is 1. The van der Waals surface area contributed by atoms with Gasteiger partial charge in [0.15, 0.2) is 0 Å². The first kappa shape index (κ1) is 11.9. The molecule has 1 aliphatic heterocycles. The maximum Gasteiger partial charge on any atom is 0.0469 e. The largest absolute Gasteiger partial charge is 0.381 e. The molecule has 1 unspecified atom stereocenters. The summed E-state index contributed by atoms with van der Waals surface area (Å²) in [5.41, 5.74) is 2.29. The van der Waals surface area contributed by atoms with Gasteiger partial charge in [-0.15, -0.1) is 11.6 Å². The molecule has 16 heavy (non-hydrogen) atoms. The standard InChI is InChI=1S/C13H18ClNO/c1-10-2-3-12(15-9-10)8-13(14)11-4-6-16-7-5-11/h2-3,9,11,13H,4-8H2,1H3. The summed E-state index contributed by atoms with van der Waals surface area (Å²) in [7, 11) is 0. The fourth-order valence-corrected chi connectivity index (χ4v) is 2.47. The smallest absolute Gasteiger partial charge is 0.0469 e. The Morgan fingerprint density at radius 1 is 1.44 bits per heavy atom. The molecule has 1 saturated heterocycles. The van der Waals surface area contributed by atoms with Crippen molar-refractivity contribution in [3.8, 4) is 0 Å².